The highest BCUT2D eigenvalue weighted by atomic mass is 35.6. The Hall–Kier alpha value is 0.230. The van der Waals surface area contributed by atoms with E-state index in [1.165, 1.54) is 0 Å². The second-order valence-electron chi connectivity index (χ2n) is 7.48. The Morgan fingerprint density at radius 3 is 0.951 bits per heavy atom. The van der Waals surface area contributed by atoms with E-state index in [4.69, 9.17) is 151 Å². The van der Waals surface area contributed by atoms with Crippen LogP contribution in [0, 0.1) is 0 Å². The molecule has 4 rings (SSSR count). The van der Waals surface area contributed by atoms with Gasteiger partial charge in [-0.3, -0.25) is 0 Å². The fourth-order valence-electron chi connectivity index (χ4n) is 2.70. The molecule has 6 nitrogen and oxygen atoms in total. The molecule has 0 aliphatic carbocycles. The first-order valence-electron chi connectivity index (χ1n) is 10.4. The van der Waals surface area contributed by atoms with Crippen LogP contribution in [0.4, 0.5) is 0 Å². The van der Waals surface area contributed by atoms with Gasteiger partial charge in [0.25, 0.3) is 0 Å². The van der Waals surface area contributed by atoms with Crippen molar-refractivity contribution in [1.82, 2.24) is 29.9 Å². The number of hydrogen-bond donors (Lipinski definition) is 0. The smallest absolute Gasteiger partial charge is 0.209 e. The summed E-state index contributed by atoms with van der Waals surface area (Å²) in [4.78, 5) is 24.1. The Morgan fingerprint density at radius 2 is 0.659 bits per heavy atom. The van der Waals surface area contributed by atoms with E-state index in [0.29, 0.717) is 16.1 Å². The molecule has 0 aliphatic rings. The van der Waals surface area contributed by atoms with E-state index in [9.17, 15) is 0 Å². The highest BCUT2D eigenvalue weighted by Gasteiger charge is 2.35. The third-order valence-electron chi connectivity index (χ3n) is 4.42. The van der Waals surface area contributed by atoms with Crippen LogP contribution in [0.25, 0.3) is 22.8 Å². The van der Waals surface area contributed by atoms with Crippen LogP contribution in [0.5, 0.6) is 0 Å². The second-order valence-corrected chi connectivity index (χ2v) is 17.0. The van der Waals surface area contributed by atoms with Crippen molar-refractivity contribution in [2.45, 2.75) is 15.2 Å². The van der Waals surface area contributed by atoms with Crippen molar-refractivity contribution in [3.63, 3.8) is 0 Å². The van der Waals surface area contributed by atoms with Crippen molar-refractivity contribution in [2.75, 3.05) is 0 Å². The molecule has 0 amide bonds. The van der Waals surface area contributed by atoms with E-state index in [1.807, 2.05) is 18.2 Å². The maximum absolute atomic E-state index is 5.83. The monoisotopic (exact) mass is 812 g/mol. The third-order valence-corrected chi connectivity index (χ3v) is 6.70. The van der Waals surface area contributed by atoms with Crippen LogP contribution < -0.4 is 0 Å². The third kappa shape index (κ3) is 10.7. The van der Waals surface area contributed by atoms with E-state index in [2.05, 4.69) is 29.9 Å². The van der Waals surface area contributed by atoms with Crippen LogP contribution in [-0.2, 0) is 15.2 Å². The Kier molecular flexibility index (Phi) is 12.3. The number of aromatic nitrogens is 6. The minimum atomic E-state index is -1.88. The average Bonchev–Trinajstić information content (AvgIpc) is 2.87. The highest BCUT2D eigenvalue weighted by molar-refractivity contribution is 6.68. The molecule has 41 heavy (non-hydrogen) atoms. The van der Waals surface area contributed by atoms with Gasteiger partial charge in [0.15, 0.2) is 34.9 Å². The molecule has 0 fully saturated rings. The van der Waals surface area contributed by atoms with Gasteiger partial charge < -0.3 is 0 Å². The normalized spacial score (nSPS) is 12.5. The van der Waals surface area contributed by atoms with Crippen LogP contribution in [0.2, 0.25) is 5.02 Å². The number of rotatable bonds is 2. The molecule has 2 aromatic heterocycles. The first-order valence-corrected chi connectivity index (χ1v) is 15.3. The van der Waals surface area contributed by atoms with Crippen molar-refractivity contribution in [2.24, 2.45) is 0 Å². The fourth-order valence-corrected chi connectivity index (χ4v) is 3.84. The largest absolute Gasteiger partial charge is 0.250 e. The predicted octanol–water partition coefficient (Wildman–Crippen LogP) is 11.0. The number of alkyl halides is 12. The van der Waals surface area contributed by atoms with E-state index in [-0.39, 0.29) is 34.9 Å². The van der Waals surface area contributed by atoms with E-state index in [0.717, 1.165) is 0 Å². The zero-order chi connectivity index (χ0) is 30.8. The summed E-state index contributed by atoms with van der Waals surface area (Å²) in [5.74, 6) is -0.0644. The standard InChI is InChI=1S/C11H4Cl7N3.C11H5Cl6N3/c12-6-3-1-5(2-4-6)7-19-8(10(13,14)15)21-9(20-7)11(16,17)18;12-10(13,14)8-18-7(6-4-2-1-3-5-6)19-9(20-8)11(15,16)17/h1-4H;1-5H. The van der Waals surface area contributed by atoms with Crippen molar-refractivity contribution >= 4 is 151 Å². The molecule has 2 heterocycles. The van der Waals surface area contributed by atoms with Gasteiger partial charge in [-0.15, -0.1) is 0 Å². The lowest BCUT2D eigenvalue weighted by Crippen LogP contribution is -2.16. The van der Waals surface area contributed by atoms with Crippen molar-refractivity contribution in [3.05, 3.63) is 82.9 Å². The summed E-state index contributed by atoms with van der Waals surface area (Å²) >= 11 is 75.3. The van der Waals surface area contributed by atoms with Gasteiger partial charge in [0.2, 0.25) is 15.2 Å². The van der Waals surface area contributed by atoms with Gasteiger partial charge in [-0.2, -0.15) is 0 Å². The van der Waals surface area contributed by atoms with Crippen LogP contribution in [0.1, 0.15) is 23.3 Å². The number of halogens is 13. The summed E-state index contributed by atoms with van der Waals surface area (Å²) in [5.41, 5.74) is 1.29. The minimum absolute atomic E-state index is 0.113. The molecular weight excluding hydrogens is 809 g/mol. The van der Waals surface area contributed by atoms with Gasteiger partial charge in [0.05, 0.1) is 0 Å². The highest BCUT2D eigenvalue weighted by Crippen LogP contribution is 2.42. The SMILES string of the molecule is ClC(Cl)(Cl)c1nc(-c2ccccc2)nc(C(Cl)(Cl)Cl)n1.Clc1ccc(-c2nc(C(Cl)(Cl)Cl)nc(C(Cl)(Cl)Cl)n2)cc1. The Bertz CT molecular complexity index is 1420. The molecule has 4 aromatic rings. The summed E-state index contributed by atoms with van der Waals surface area (Å²) in [6.45, 7) is 0. The minimum Gasteiger partial charge on any atom is -0.209 e. The Labute approximate surface area is 298 Å². The summed E-state index contributed by atoms with van der Waals surface area (Å²) in [6, 6.07) is 15.7. The number of nitrogens with zero attached hydrogens (tertiary/aromatic N) is 6. The topological polar surface area (TPSA) is 77.3 Å². The van der Waals surface area contributed by atoms with Crippen molar-refractivity contribution in [3.8, 4) is 22.8 Å². The molecule has 0 spiro atoms. The lowest BCUT2D eigenvalue weighted by atomic mass is 10.2. The second kappa shape index (κ2) is 14.1. The van der Waals surface area contributed by atoms with E-state index >= 15 is 0 Å². The molecule has 0 saturated heterocycles. The quantitative estimate of drug-likeness (QED) is 0.188. The Morgan fingerprint density at radius 1 is 0.366 bits per heavy atom. The first-order chi connectivity index (χ1) is 18.7. The van der Waals surface area contributed by atoms with Crippen LogP contribution in [0.3, 0.4) is 0 Å². The molecule has 0 atom stereocenters. The van der Waals surface area contributed by atoms with Crippen LogP contribution in [-0.4, -0.2) is 29.9 Å². The molecule has 0 radical (unpaired) electrons. The van der Waals surface area contributed by atoms with Crippen LogP contribution in [0.15, 0.2) is 54.6 Å². The van der Waals surface area contributed by atoms with E-state index < -0.39 is 15.2 Å². The summed E-state index contributed by atoms with van der Waals surface area (Å²) in [6.07, 6.45) is 0. The van der Waals surface area contributed by atoms with Gasteiger partial charge in [-0.25, -0.2) is 29.9 Å². The molecule has 0 unspecified atom stereocenters. The van der Waals surface area contributed by atoms with Crippen molar-refractivity contribution in [1.29, 1.82) is 0 Å². The molecular formula is C22H9Cl13N6. The van der Waals surface area contributed by atoms with Gasteiger partial charge in [0, 0.05) is 16.1 Å². The van der Waals surface area contributed by atoms with Crippen molar-refractivity contribution < 1.29 is 0 Å². The maximum Gasteiger partial charge on any atom is 0.250 e. The molecule has 0 bridgehead atoms. The average molecular weight is 818 g/mol. The van der Waals surface area contributed by atoms with Gasteiger partial charge in [-0.05, 0) is 24.3 Å². The Balaban J connectivity index is 0.000000226. The maximum atomic E-state index is 5.83. The van der Waals surface area contributed by atoms with E-state index in [1.54, 1.807) is 36.4 Å². The fraction of sp³-hybridized carbons (Fsp3) is 0.182. The lowest BCUT2D eigenvalue weighted by molar-refractivity contribution is 0.851. The summed E-state index contributed by atoms with van der Waals surface area (Å²) in [5, 5.41) is 0.552. The zero-order valence-corrected chi connectivity index (χ0v) is 29.1. The molecule has 0 N–H and O–H groups in total. The van der Waals surface area contributed by atoms with Gasteiger partial charge in [-0.1, -0.05) is 181 Å². The summed E-state index contributed by atoms with van der Waals surface area (Å²) < 4.78 is -7.46. The first kappa shape index (κ1) is 35.7. The van der Waals surface area contributed by atoms with Gasteiger partial charge >= 0.3 is 0 Å². The summed E-state index contributed by atoms with van der Waals surface area (Å²) in [7, 11) is 0. The molecule has 218 valence electrons. The number of benzene rings is 2. The zero-order valence-electron chi connectivity index (χ0n) is 19.3. The van der Waals surface area contributed by atoms with Gasteiger partial charge in [0.1, 0.15) is 0 Å². The molecule has 0 saturated carbocycles. The van der Waals surface area contributed by atoms with Crippen LogP contribution >= 0.6 is 151 Å². The number of hydrogen-bond acceptors (Lipinski definition) is 6. The molecule has 19 heteroatoms. The molecule has 2 aromatic carbocycles. The molecule has 0 aliphatic heterocycles. The predicted molar refractivity (Wildman–Crippen MR) is 172 cm³/mol. The lowest BCUT2D eigenvalue weighted by Gasteiger charge is -2.15.